The Balaban J connectivity index is 1.83. The van der Waals surface area contributed by atoms with E-state index in [9.17, 15) is 18.0 Å². The van der Waals surface area contributed by atoms with Crippen molar-refractivity contribution in [3.05, 3.63) is 29.8 Å². The first-order valence-corrected chi connectivity index (χ1v) is 11.0. The first kappa shape index (κ1) is 24.5. The molecule has 0 saturated carbocycles. The van der Waals surface area contributed by atoms with E-state index in [1.54, 1.807) is 26.0 Å². The summed E-state index contributed by atoms with van der Waals surface area (Å²) in [4.78, 5) is 11.9. The number of ether oxygens (including phenoxy) is 1. The molecule has 4 nitrogen and oxygen atoms in total. The number of rotatable bonds is 12. The Bertz CT molecular complexity index is 659. The van der Waals surface area contributed by atoms with Crippen LogP contribution in [0.3, 0.4) is 0 Å². The zero-order chi connectivity index (χ0) is 22.2. The van der Waals surface area contributed by atoms with Gasteiger partial charge in [0.25, 0.3) is 0 Å². The third-order valence-electron chi connectivity index (χ3n) is 5.51. The van der Waals surface area contributed by atoms with Crippen LogP contribution in [-0.4, -0.2) is 30.2 Å². The zero-order valence-electron chi connectivity index (χ0n) is 18.4. The van der Waals surface area contributed by atoms with Gasteiger partial charge in [0.05, 0.1) is 12.0 Å². The van der Waals surface area contributed by atoms with E-state index in [1.165, 1.54) is 50.7 Å². The Morgan fingerprint density at radius 2 is 1.60 bits per heavy atom. The first-order chi connectivity index (χ1) is 14.1. The van der Waals surface area contributed by atoms with Crippen molar-refractivity contribution < 1.29 is 22.7 Å². The fourth-order valence-corrected chi connectivity index (χ4v) is 3.69. The van der Waals surface area contributed by atoms with Crippen LogP contribution in [0.25, 0.3) is 0 Å². The second kappa shape index (κ2) is 11.0. The van der Waals surface area contributed by atoms with E-state index in [2.05, 4.69) is 12.3 Å². The number of carbonyl (C=O) groups is 1. The van der Waals surface area contributed by atoms with E-state index in [4.69, 9.17) is 4.74 Å². The van der Waals surface area contributed by atoms with Crippen molar-refractivity contribution in [2.24, 2.45) is 5.41 Å². The molecule has 0 unspecified atom stereocenters. The van der Waals surface area contributed by atoms with E-state index >= 15 is 0 Å². The van der Waals surface area contributed by atoms with Gasteiger partial charge in [-0.1, -0.05) is 64.0 Å². The van der Waals surface area contributed by atoms with Gasteiger partial charge in [0, 0.05) is 6.54 Å². The number of hydrogen-bond acceptors (Lipinski definition) is 3. The minimum absolute atomic E-state index is 0.00724. The number of alkyl halides is 3. The van der Waals surface area contributed by atoms with E-state index in [-0.39, 0.29) is 12.1 Å². The number of unbranched alkanes of at least 4 members (excludes halogenated alkanes) is 7. The second-order valence-corrected chi connectivity index (χ2v) is 8.79. The van der Waals surface area contributed by atoms with Gasteiger partial charge in [-0.05, 0) is 38.0 Å². The monoisotopic (exact) mass is 428 g/mol. The van der Waals surface area contributed by atoms with E-state index in [0.29, 0.717) is 12.4 Å². The lowest BCUT2D eigenvalue weighted by atomic mass is 9.93. The van der Waals surface area contributed by atoms with Crippen molar-refractivity contribution in [1.82, 2.24) is 10.4 Å². The van der Waals surface area contributed by atoms with Crippen LogP contribution in [-0.2, 0) is 4.79 Å². The molecule has 0 spiro atoms. The van der Waals surface area contributed by atoms with Gasteiger partial charge in [0.2, 0.25) is 5.91 Å². The molecule has 1 atom stereocenters. The lowest BCUT2D eigenvalue weighted by Gasteiger charge is -2.29. The number of nitrogens with zero attached hydrogens (tertiary/aromatic N) is 1. The Kier molecular flexibility index (Phi) is 9.01. The predicted molar refractivity (Wildman–Crippen MR) is 112 cm³/mol. The van der Waals surface area contributed by atoms with Crippen LogP contribution in [0.2, 0.25) is 0 Å². The van der Waals surface area contributed by atoms with Crippen LogP contribution in [0, 0.1) is 5.41 Å². The predicted octanol–water partition coefficient (Wildman–Crippen LogP) is 6.18. The quantitative estimate of drug-likeness (QED) is 0.404. The average molecular weight is 429 g/mol. The van der Waals surface area contributed by atoms with E-state index in [1.807, 2.05) is 0 Å². The van der Waals surface area contributed by atoms with Gasteiger partial charge in [-0.25, -0.2) is 5.01 Å². The number of carbonyl (C=O) groups excluding carboxylic acids is 1. The zero-order valence-corrected chi connectivity index (χ0v) is 18.4. The SMILES string of the molecule is CCCCCCCCCCOc1ccc([C@H](N2CC(C)(C)C(=O)N2)C(F)(F)F)cc1. The van der Waals surface area contributed by atoms with E-state index < -0.39 is 23.5 Å². The van der Waals surface area contributed by atoms with Gasteiger partial charge < -0.3 is 4.74 Å². The fourth-order valence-electron chi connectivity index (χ4n) is 3.69. The third kappa shape index (κ3) is 7.18. The van der Waals surface area contributed by atoms with Crippen LogP contribution in [0.15, 0.2) is 24.3 Å². The summed E-state index contributed by atoms with van der Waals surface area (Å²) in [6.45, 7) is 6.04. The Labute approximate surface area is 178 Å². The third-order valence-corrected chi connectivity index (χ3v) is 5.51. The summed E-state index contributed by atoms with van der Waals surface area (Å²) in [5, 5.41) is 0.985. The lowest BCUT2D eigenvalue weighted by Crippen LogP contribution is -2.43. The van der Waals surface area contributed by atoms with E-state index in [0.717, 1.165) is 17.9 Å². The summed E-state index contributed by atoms with van der Waals surface area (Å²) in [6.07, 6.45) is 5.11. The number of amides is 1. The summed E-state index contributed by atoms with van der Waals surface area (Å²) in [6, 6.07) is 4.12. The molecular weight excluding hydrogens is 393 g/mol. The summed E-state index contributed by atoms with van der Waals surface area (Å²) >= 11 is 0. The highest BCUT2D eigenvalue weighted by Crippen LogP contribution is 2.40. The van der Waals surface area contributed by atoms with Gasteiger partial charge in [-0.3, -0.25) is 10.2 Å². The number of hydrazine groups is 1. The summed E-state index contributed by atoms with van der Waals surface area (Å²) < 4.78 is 46.9. The van der Waals surface area contributed by atoms with Crippen molar-refractivity contribution in [1.29, 1.82) is 0 Å². The summed E-state index contributed by atoms with van der Waals surface area (Å²) in [5.74, 6) is 0.162. The van der Waals surface area contributed by atoms with Crippen LogP contribution in [0.5, 0.6) is 5.75 Å². The topological polar surface area (TPSA) is 41.6 Å². The van der Waals surface area contributed by atoms with Crippen molar-refractivity contribution >= 4 is 5.91 Å². The molecule has 0 bridgehead atoms. The van der Waals surface area contributed by atoms with Gasteiger partial charge >= 0.3 is 6.18 Å². The number of nitrogens with one attached hydrogen (secondary N) is 1. The molecule has 2 rings (SSSR count). The molecule has 1 saturated heterocycles. The Hall–Kier alpha value is -1.76. The normalized spacial score (nSPS) is 17.7. The number of halogens is 3. The molecule has 0 aliphatic carbocycles. The van der Waals surface area contributed by atoms with Gasteiger partial charge in [0.15, 0.2) is 0 Å². The molecule has 1 aromatic rings. The van der Waals surface area contributed by atoms with Gasteiger partial charge in [-0.2, -0.15) is 13.2 Å². The molecule has 1 aliphatic rings. The van der Waals surface area contributed by atoms with Gasteiger partial charge in [0.1, 0.15) is 11.8 Å². The average Bonchev–Trinajstić information content (AvgIpc) is 2.92. The largest absolute Gasteiger partial charge is 0.494 e. The summed E-state index contributed by atoms with van der Waals surface area (Å²) in [7, 11) is 0. The highest BCUT2D eigenvalue weighted by molar-refractivity contribution is 5.83. The molecule has 7 heteroatoms. The van der Waals surface area contributed by atoms with Crippen LogP contribution in [0.4, 0.5) is 13.2 Å². The molecule has 30 heavy (non-hydrogen) atoms. The standard InChI is InChI=1S/C23H35F3N2O2/c1-4-5-6-7-8-9-10-11-16-30-19-14-12-18(13-15-19)20(23(24,25)26)28-17-22(2,3)21(29)27-28/h12-15,20H,4-11,16-17H2,1-3H3,(H,27,29)/t20-/m0/s1. The molecule has 0 radical (unpaired) electrons. The highest BCUT2D eigenvalue weighted by Gasteiger charge is 2.51. The Morgan fingerprint density at radius 3 is 2.10 bits per heavy atom. The minimum Gasteiger partial charge on any atom is -0.494 e. The molecule has 1 heterocycles. The van der Waals surface area contributed by atoms with Gasteiger partial charge in [-0.15, -0.1) is 0 Å². The molecule has 170 valence electrons. The molecule has 1 fully saturated rings. The van der Waals surface area contributed by atoms with Crippen LogP contribution < -0.4 is 10.2 Å². The van der Waals surface area contributed by atoms with Crippen molar-refractivity contribution in [3.63, 3.8) is 0 Å². The molecule has 1 amide bonds. The van der Waals surface area contributed by atoms with Crippen LogP contribution >= 0.6 is 0 Å². The molecule has 1 N–H and O–H groups in total. The molecule has 0 aromatic heterocycles. The first-order valence-electron chi connectivity index (χ1n) is 11.0. The maximum atomic E-state index is 13.7. The molecule has 1 aliphatic heterocycles. The second-order valence-electron chi connectivity index (χ2n) is 8.79. The van der Waals surface area contributed by atoms with Crippen molar-refractivity contribution in [3.8, 4) is 5.75 Å². The van der Waals surface area contributed by atoms with Crippen molar-refractivity contribution in [2.45, 2.75) is 84.4 Å². The van der Waals surface area contributed by atoms with Crippen LogP contribution in [0.1, 0.15) is 83.7 Å². The van der Waals surface area contributed by atoms with Crippen molar-refractivity contribution in [2.75, 3.05) is 13.2 Å². The maximum absolute atomic E-state index is 13.7. The fraction of sp³-hybridized carbons (Fsp3) is 0.696. The number of hydrogen-bond donors (Lipinski definition) is 1. The molecule has 1 aromatic carbocycles. The lowest BCUT2D eigenvalue weighted by molar-refractivity contribution is -0.191. The highest BCUT2D eigenvalue weighted by atomic mass is 19.4. The minimum atomic E-state index is -4.51. The maximum Gasteiger partial charge on any atom is 0.409 e. The molecular formula is C23H35F3N2O2. The number of benzene rings is 1. The Morgan fingerprint density at radius 1 is 1.03 bits per heavy atom. The smallest absolute Gasteiger partial charge is 0.409 e. The summed E-state index contributed by atoms with van der Waals surface area (Å²) in [5.41, 5.74) is 1.60.